The van der Waals surface area contributed by atoms with Gasteiger partial charge in [0.25, 0.3) is 5.91 Å². The highest BCUT2D eigenvalue weighted by Gasteiger charge is 2.18. The lowest BCUT2D eigenvalue weighted by atomic mass is 10.1. The monoisotopic (exact) mass is 291 g/mol. The molecular weight excluding hydrogens is 266 g/mol. The predicted molar refractivity (Wildman–Crippen MR) is 83.1 cm³/mol. The highest BCUT2D eigenvalue weighted by atomic mass is 16.5. The van der Waals surface area contributed by atoms with Crippen molar-refractivity contribution in [1.82, 2.24) is 5.32 Å². The molecule has 1 aromatic rings. The zero-order chi connectivity index (χ0) is 15.1. The molecule has 1 N–H and O–H groups in total. The lowest BCUT2D eigenvalue weighted by Crippen LogP contribution is -2.32. The van der Waals surface area contributed by atoms with Crippen LogP contribution >= 0.6 is 0 Å². The number of hydrogen-bond acceptors (Lipinski definition) is 3. The van der Waals surface area contributed by atoms with Crippen molar-refractivity contribution in [2.24, 2.45) is 0 Å². The number of nitrogens with one attached hydrogen (secondary N) is 1. The van der Waals surface area contributed by atoms with Crippen LogP contribution in [0.15, 0.2) is 18.2 Å². The van der Waals surface area contributed by atoms with E-state index in [0.29, 0.717) is 29.7 Å². The van der Waals surface area contributed by atoms with Gasteiger partial charge in [0.2, 0.25) is 0 Å². The van der Waals surface area contributed by atoms with Gasteiger partial charge in [-0.15, -0.1) is 0 Å². The molecule has 1 saturated carbocycles. The molecule has 4 heteroatoms. The molecule has 0 saturated heterocycles. The first-order valence-corrected chi connectivity index (χ1v) is 7.86. The molecule has 0 aliphatic heterocycles. The molecule has 116 valence electrons. The van der Waals surface area contributed by atoms with Gasteiger partial charge >= 0.3 is 0 Å². The molecule has 1 amide bonds. The lowest BCUT2D eigenvalue weighted by molar-refractivity contribution is 0.0937. The fraction of sp³-hybridized carbons (Fsp3) is 0.588. The minimum atomic E-state index is -0.0275. The number of methoxy groups -OCH3 is 1. The summed E-state index contributed by atoms with van der Waals surface area (Å²) >= 11 is 0. The molecule has 1 aliphatic carbocycles. The molecule has 1 aromatic carbocycles. The van der Waals surface area contributed by atoms with Crippen LogP contribution in [0.5, 0.6) is 11.5 Å². The molecule has 0 spiro atoms. The first-order valence-electron chi connectivity index (χ1n) is 7.86. The Balaban J connectivity index is 2.01. The van der Waals surface area contributed by atoms with Gasteiger partial charge in [0.15, 0.2) is 11.5 Å². The van der Waals surface area contributed by atoms with Crippen molar-refractivity contribution in [2.75, 3.05) is 13.7 Å². The number of carbonyl (C=O) groups excluding carboxylic acids is 1. The molecule has 2 rings (SSSR count). The lowest BCUT2D eigenvalue weighted by Gasteiger charge is -2.14. The summed E-state index contributed by atoms with van der Waals surface area (Å²) in [4.78, 5) is 12.2. The number of benzene rings is 1. The van der Waals surface area contributed by atoms with Gasteiger partial charge in [-0.3, -0.25) is 4.79 Å². The second-order valence-corrected chi connectivity index (χ2v) is 5.52. The van der Waals surface area contributed by atoms with E-state index in [1.54, 1.807) is 19.2 Å². The van der Waals surface area contributed by atoms with Gasteiger partial charge in [0.05, 0.1) is 13.7 Å². The summed E-state index contributed by atoms with van der Waals surface area (Å²) in [5, 5.41) is 3.08. The quantitative estimate of drug-likeness (QED) is 0.782. The Morgan fingerprint density at radius 1 is 1.29 bits per heavy atom. The van der Waals surface area contributed by atoms with Gasteiger partial charge in [-0.05, 0) is 37.5 Å². The molecule has 21 heavy (non-hydrogen) atoms. The summed E-state index contributed by atoms with van der Waals surface area (Å²) in [6, 6.07) is 5.70. The Morgan fingerprint density at radius 2 is 2.05 bits per heavy atom. The van der Waals surface area contributed by atoms with Crippen molar-refractivity contribution >= 4 is 5.91 Å². The van der Waals surface area contributed by atoms with E-state index in [1.807, 2.05) is 6.07 Å². The van der Waals surface area contributed by atoms with Crippen LogP contribution in [-0.2, 0) is 0 Å². The van der Waals surface area contributed by atoms with Crippen molar-refractivity contribution in [3.8, 4) is 11.5 Å². The smallest absolute Gasteiger partial charge is 0.251 e. The molecule has 1 fully saturated rings. The Morgan fingerprint density at radius 3 is 2.71 bits per heavy atom. The van der Waals surface area contributed by atoms with Crippen LogP contribution in [0.25, 0.3) is 0 Å². The fourth-order valence-corrected chi connectivity index (χ4v) is 2.59. The van der Waals surface area contributed by atoms with Crippen molar-refractivity contribution in [3.05, 3.63) is 23.8 Å². The normalized spacial score (nSPS) is 15.0. The Kier molecular flexibility index (Phi) is 5.90. The molecule has 0 aromatic heterocycles. The zero-order valence-corrected chi connectivity index (χ0v) is 13.0. The van der Waals surface area contributed by atoms with Gasteiger partial charge in [-0.1, -0.05) is 26.2 Å². The summed E-state index contributed by atoms with van der Waals surface area (Å²) in [6.07, 6.45) is 6.68. The molecule has 0 heterocycles. The summed E-state index contributed by atoms with van der Waals surface area (Å²) in [5.74, 6) is 1.29. The third-order valence-electron chi connectivity index (χ3n) is 3.87. The van der Waals surface area contributed by atoms with Gasteiger partial charge in [-0.2, -0.15) is 0 Å². The fourth-order valence-electron chi connectivity index (χ4n) is 2.59. The number of carbonyl (C=O) groups is 1. The van der Waals surface area contributed by atoms with Crippen LogP contribution in [0.4, 0.5) is 0 Å². The number of ether oxygens (including phenoxy) is 2. The van der Waals surface area contributed by atoms with Gasteiger partial charge < -0.3 is 14.8 Å². The van der Waals surface area contributed by atoms with E-state index in [1.165, 1.54) is 12.8 Å². The van der Waals surface area contributed by atoms with Gasteiger partial charge in [0, 0.05) is 11.6 Å². The average molecular weight is 291 g/mol. The van der Waals surface area contributed by atoms with E-state index in [-0.39, 0.29) is 5.91 Å². The minimum absolute atomic E-state index is 0.0275. The van der Waals surface area contributed by atoms with Crippen LogP contribution in [0.1, 0.15) is 55.8 Å². The molecule has 0 atom stereocenters. The molecule has 0 bridgehead atoms. The second kappa shape index (κ2) is 7.91. The largest absolute Gasteiger partial charge is 0.493 e. The molecule has 0 unspecified atom stereocenters. The van der Waals surface area contributed by atoms with E-state index in [0.717, 1.165) is 25.7 Å². The maximum atomic E-state index is 12.2. The van der Waals surface area contributed by atoms with Crippen molar-refractivity contribution in [3.63, 3.8) is 0 Å². The molecule has 0 radical (unpaired) electrons. The summed E-state index contributed by atoms with van der Waals surface area (Å²) in [5.41, 5.74) is 0.626. The first kappa shape index (κ1) is 15.7. The summed E-state index contributed by atoms with van der Waals surface area (Å²) in [7, 11) is 1.60. The third-order valence-corrected chi connectivity index (χ3v) is 3.87. The second-order valence-electron chi connectivity index (χ2n) is 5.52. The summed E-state index contributed by atoms with van der Waals surface area (Å²) in [6.45, 7) is 2.79. The maximum Gasteiger partial charge on any atom is 0.251 e. The number of rotatable bonds is 7. The van der Waals surface area contributed by atoms with Gasteiger partial charge in [0.1, 0.15) is 0 Å². The molecule has 1 aliphatic rings. The van der Waals surface area contributed by atoms with Crippen LogP contribution in [0.2, 0.25) is 0 Å². The van der Waals surface area contributed by atoms with E-state index < -0.39 is 0 Å². The topological polar surface area (TPSA) is 47.6 Å². The highest BCUT2D eigenvalue weighted by Crippen LogP contribution is 2.28. The first-order chi connectivity index (χ1) is 10.2. The Labute approximate surface area is 126 Å². The maximum absolute atomic E-state index is 12.2. The summed E-state index contributed by atoms with van der Waals surface area (Å²) < 4.78 is 11.0. The number of amides is 1. The minimum Gasteiger partial charge on any atom is -0.493 e. The van der Waals surface area contributed by atoms with E-state index in [2.05, 4.69) is 12.2 Å². The Hall–Kier alpha value is -1.71. The SMILES string of the molecule is CCCCOc1ccc(C(=O)NC2CCCC2)cc1OC. The van der Waals surface area contributed by atoms with Crippen molar-refractivity contribution < 1.29 is 14.3 Å². The third kappa shape index (κ3) is 4.38. The molecule has 4 nitrogen and oxygen atoms in total. The standard InChI is InChI=1S/C17H25NO3/c1-3-4-11-21-15-10-9-13(12-16(15)20-2)17(19)18-14-7-5-6-8-14/h9-10,12,14H,3-8,11H2,1-2H3,(H,18,19). The number of unbranched alkanes of at least 4 members (excludes halogenated alkanes) is 1. The number of hydrogen-bond donors (Lipinski definition) is 1. The highest BCUT2D eigenvalue weighted by molar-refractivity contribution is 5.95. The van der Waals surface area contributed by atoms with Gasteiger partial charge in [-0.25, -0.2) is 0 Å². The Bertz CT molecular complexity index is 467. The van der Waals surface area contributed by atoms with Crippen molar-refractivity contribution in [2.45, 2.75) is 51.5 Å². The van der Waals surface area contributed by atoms with E-state index in [4.69, 9.17) is 9.47 Å². The van der Waals surface area contributed by atoms with Crippen LogP contribution in [-0.4, -0.2) is 25.7 Å². The van der Waals surface area contributed by atoms with E-state index in [9.17, 15) is 4.79 Å². The van der Waals surface area contributed by atoms with Crippen molar-refractivity contribution in [1.29, 1.82) is 0 Å². The predicted octanol–water partition coefficient (Wildman–Crippen LogP) is 3.55. The van der Waals surface area contributed by atoms with Crippen LogP contribution in [0.3, 0.4) is 0 Å². The van der Waals surface area contributed by atoms with E-state index >= 15 is 0 Å². The average Bonchev–Trinajstić information content (AvgIpc) is 3.00. The zero-order valence-electron chi connectivity index (χ0n) is 13.0. The molecular formula is C17H25NO3. The van der Waals surface area contributed by atoms with Crippen LogP contribution in [0, 0.1) is 0 Å². The van der Waals surface area contributed by atoms with Crippen LogP contribution < -0.4 is 14.8 Å².